The molecule has 58 valence electrons. The highest BCUT2D eigenvalue weighted by molar-refractivity contribution is 9.11. The third kappa shape index (κ3) is 1.24. The number of aliphatic hydroxyl groups is 1. The summed E-state index contributed by atoms with van der Waals surface area (Å²) in [7, 11) is 0. The summed E-state index contributed by atoms with van der Waals surface area (Å²) in [6, 6.07) is 2.06. The van der Waals surface area contributed by atoms with Crippen LogP contribution in [0.2, 0.25) is 0 Å². The van der Waals surface area contributed by atoms with Crippen molar-refractivity contribution in [3.05, 3.63) is 20.8 Å². The van der Waals surface area contributed by atoms with Gasteiger partial charge >= 0.3 is 0 Å². The zero-order valence-corrected chi connectivity index (χ0v) is 8.72. The first-order valence-electron chi connectivity index (χ1n) is 3.07. The van der Waals surface area contributed by atoms with Gasteiger partial charge < -0.3 is 5.11 Å². The van der Waals surface area contributed by atoms with Crippen LogP contribution in [0.1, 0.15) is 5.56 Å². The average Bonchev–Trinajstić information content (AvgIpc) is 2.45. The maximum absolute atomic E-state index is 8.93. The molecule has 0 atom stereocenters. The van der Waals surface area contributed by atoms with Crippen molar-refractivity contribution in [1.29, 1.82) is 0 Å². The van der Waals surface area contributed by atoms with Crippen molar-refractivity contribution in [3.63, 3.8) is 0 Å². The number of hydrogen-bond donors (Lipinski definition) is 1. The molecular formula is C7H5BrOS2. The molecule has 0 radical (unpaired) electrons. The topological polar surface area (TPSA) is 20.2 Å². The zero-order valence-electron chi connectivity index (χ0n) is 5.50. The quantitative estimate of drug-likeness (QED) is 0.822. The molecule has 4 heteroatoms. The number of halogens is 1. The first-order valence-corrected chi connectivity index (χ1v) is 5.56. The second-order valence-electron chi connectivity index (χ2n) is 2.17. The largest absolute Gasteiger partial charge is 0.392 e. The van der Waals surface area contributed by atoms with Gasteiger partial charge in [-0.3, -0.25) is 0 Å². The van der Waals surface area contributed by atoms with E-state index in [9.17, 15) is 0 Å². The second-order valence-corrected chi connectivity index (χ2v) is 5.74. The maximum atomic E-state index is 8.93. The summed E-state index contributed by atoms with van der Waals surface area (Å²) in [5.41, 5.74) is 1.03. The first-order chi connectivity index (χ1) is 5.31. The standard InChI is InChI=1S/C7H5BrOS2/c8-6-1-5-4(2-9)3-10-7(5)11-6/h1,3,9H,2H2. The molecule has 0 aliphatic rings. The van der Waals surface area contributed by atoms with Crippen molar-refractivity contribution in [2.75, 3.05) is 0 Å². The molecule has 2 heterocycles. The molecule has 0 aliphatic heterocycles. The molecule has 1 N–H and O–H groups in total. The Morgan fingerprint density at radius 3 is 3.09 bits per heavy atom. The second kappa shape index (κ2) is 2.86. The normalized spacial score (nSPS) is 11.1. The van der Waals surface area contributed by atoms with E-state index in [1.54, 1.807) is 22.7 Å². The van der Waals surface area contributed by atoms with Crippen LogP contribution in [0.5, 0.6) is 0 Å². The molecule has 0 spiro atoms. The number of fused-ring (bicyclic) bond motifs is 1. The fourth-order valence-electron chi connectivity index (χ4n) is 0.967. The predicted octanol–water partition coefficient (Wildman–Crippen LogP) is 3.22. The Balaban J connectivity index is 2.73. The van der Waals surface area contributed by atoms with Gasteiger partial charge in [0, 0.05) is 5.39 Å². The fourth-order valence-corrected chi connectivity index (χ4v) is 4.03. The molecule has 0 saturated heterocycles. The molecule has 0 bridgehead atoms. The van der Waals surface area contributed by atoms with E-state index in [1.807, 2.05) is 5.38 Å². The Labute approximate surface area is 80.4 Å². The summed E-state index contributed by atoms with van der Waals surface area (Å²) >= 11 is 6.81. The first kappa shape index (κ1) is 7.73. The Hall–Kier alpha value is 0.1000. The Kier molecular flexibility index (Phi) is 2.01. The van der Waals surface area contributed by atoms with Crippen LogP contribution in [0, 0.1) is 0 Å². The van der Waals surface area contributed by atoms with Gasteiger partial charge in [-0.2, -0.15) is 0 Å². The van der Waals surface area contributed by atoms with E-state index in [4.69, 9.17) is 5.11 Å². The van der Waals surface area contributed by atoms with E-state index in [0.29, 0.717) is 0 Å². The summed E-state index contributed by atoms with van der Waals surface area (Å²) in [6.45, 7) is 0.142. The Bertz CT molecular complexity index is 377. The summed E-state index contributed by atoms with van der Waals surface area (Å²) in [5.74, 6) is 0. The van der Waals surface area contributed by atoms with Crippen LogP contribution in [0.25, 0.3) is 9.40 Å². The van der Waals surface area contributed by atoms with Gasteiger partial charge in [-0.15, -0.1) is 22.7 Å². The van der Waals surface area contributed by atoms with E-state index in [-0.39, 0.29) is 6.61 Å². The third-order valence-electron chi connectivity index (χ3n) is 1.49. The van der Waals surface area contributed by atoms with Crippen molar-refractivity contribution in [1.82, 2.24) is 0 Å². The summed E-state index contributed by atoms with van der Waals surface area (Å²) in [5, 5.41) is 12.1. The highest BCUT2D eigenvalue weighted by Gasteiger charge is 2.05. The fraction of sp³-hybridized carbons (Fsp3) is 0.143. The van der Waals surface area contributed by atoms with Crippen molar-refractivity contribution >= 4 is 48.0 Å². The minimum Gasteiger partial charge on any atom is -0.392 e. The molecular weight excluding hydrogens is 244 g/mol. The Morgan fingerprint density at radius 2 is 2.36 bits per heavy atom. The van der Waals surface area contributed by atoms with Crippen molar-refractivity contribution in [3.8, 4) is 0 Å². The molecule has 2 aromatic rings. The molecule has 11 heavy (non-hydrogen) atoms. The van der Waals surface area contributed by atoms with Crippen molar-refractivity contribution in [2.45, 2.75) is 6.61 Å². The van der Waals surface area contributed by atoms with Gasteiger partial charge in [0.25, 0.3) is 0 Å². The zero-order chi connectivity index (χ0) is 7.84. The summed E-state index contributed by atoms with van der Waals surface area (Å²) < 4.78 is 2.41. The molecule has 1 nitrogen and oxygen atoms in total. The smallest absolute Gasteiger partial charge is 0.0880 e. The van der Waals surface area contributed by atoms with Gasteiger partial charge in [0.05, 0.1) is 14.4 Å². The van der Waals surface area contributed by atoms with Crippen LogP contribution >= 0.6 is 38.6 Å². The molecule has 2 rings (SSSR count). The maximum Gasteiger partial charge on any atom is 0.0880 e. The van der Waals surface area contributed by atoms with E-state index in [1.165, 1.54) is 9.40 Å². The van der Waals surface area contributed by atoms with E-state index in [2.05, 4.69) is 22.0 Å². The van der Waals surface area contributed by atoms with Gasteiger partial charge in [0.1, 0.15) is 0 Å². The third-order valence-corrected chi connectivity index (χ3v) is 4.30. The predicted molar refractivity (Wildman–Crippen MR) is 53.3 cm³/mol. The summed E-state index contributed by atoms with van der Waals surface area (Å²) in [6.07, 6.45) is 0. The minimum absolute atomic E-state index is 0.142. The molecule has 0 unspecified atom stereocenters. The minimum atomic E-state index is 0.142. The molecule has 0 aliphatic carbocycles. The van der Waals surface area contributed by atoms with Gasteiger partial charge in [-0.05, 0) is 32.9 Å². The Morgan fingerprint density at radius 1 is 1.55 bits per heavy atom. The number of thiophene rings is 2. The molecule has 2 aromatic heterocycles. The molecule has 0 saturated carbocycles. The average molecular weight is 249 g/mol. The molecule has 0 amide bonds. The number of aliphatic hydroxyl groups excluding tert-OH is 1. The van der Waals surface area contributed by atoms with Gasteiger partial charge in [-0.1, -0.05) is 0 Å². The number of rotatable bonds is 1. The van der Waals surface area contributed by atoms with Gasteiger partial charge in [0.15, 0.2) is 0 Å². The molecule has 0 aromatic carbocycles. The lowest BCUT2D eigenvalue weighted by Gasteiger charge is -1.85. The van der Waals surface area contributed by atoms with E-state index < -0.39 is 0 Å². The molecule has 0 fully saturated rings. The van der Waals surface area contributed by atoms with Crippen LogP contribution in [-0.2, 0) is 6.61 Å². The van der Waals surface area contributed by atoms with Crippen LogP contribution in [0.4, 0.5) is 0 Å². The van der Waals surface area contributed by atoms with E-state index in [0.717, 1.165) is 9.35 Å². The van der Waals surface area contributed by atoms with E-state index >= 15 is 0 Å². The lowest BCUT2D eigenvalue weighted by Crippen LogP contribution is -1.75. The lowest BCUT2D eigenvalue weighted by molar-refractivity contribution is 0.284. The van der Waals surface area contributed by atoms with Crippen molar-refractivity contribution < 1.29 is 5.11 Å². The van der Waals surface area contributed by atoms with Gasteiger partial charge in [-0.25, -0.2) is 0 Å². The monoisotopic (exact) mass is 248 g/mol. The summed E-state index contributed by atoms with van der Waals surface area (Å²) in [4.78, 5) is 0. The lowest BCUT2D eigenvalue weighted by atomic mass is 10.3. The highest BCUT2D eigenvalue weighted by Crippen LogP contribution is 2.36. The van der Waals surface area contributed by atoms with Gasteiger partial charge in [0.2, 0.25) is 0 Å². The number of hydrogen-bond acceptors (Lipinski definition) is 3. The highest BCUT2D eigenvalue weighted by atomic mass is 79.9. The van der Waals surface area contributed by atoms with Crippen LogP contribution in [-0.4, -0.2) is 5.11 Å². The van der Waals surface area contributed by atoms with Crippen LogP contribution in [0.15, 0.2) is 15.2 Å². The van der Waals surface area contributed by atoms with Crippen molar-refractivity contribution in [2.24, 2.45) is 0 Å². The van der Waals surface area contributed by atoms with Crippen LogP contribution < -0.4 is 0 Å². The SMILES string of the molecule is OCc1csc2sc(Br)cc12. The van der Waals surface area contributed by atoms with Crippen LogP contribution in [0.3, 0.4) is 0 Å².